The topological polar surface area (TPSA) is 90.0 Å². The highest BCUT2D eigenvalue weighted by Gasteiger charge is 2.15. The molecule has 1 aromatic carbocycles. The van der Waals surface area contributed by atoms with E-state index in [-0.39, 0.29) is 11.4 Å². The molecule has 0 aliphatic heterocycles. The minimum absolute atomic E-state index is 0.123. The molecule has 108 valence electrons. The Bertz CT molecular complexity index is 690. The molecule has 0 saturated carbocycles. The van der Waals surface area contributed by atoms with Gasteiger partial charge in [-0.1, -0.05) is 19.1 Å². The SMILES string of the molecule is CCc1ccc(S(=O)(=O)NCc2cnn(C)c2N)cc1. The van der Waals surface area contributed by atoms with Crippen LogP contribution in [-0.4, -0.2) is 18.2 Å². The third-order valence-corrected chi connectivity index (χ3v) is 4.58. The average Bonchev–Trinajstić information content (AvgIpc) is 2.77. The first-order chi connectivity index (χ1) is 9.44. The number of rotatable bonds is 5. The molecule has 6 nitrogen and oxygen atoms in total. The molecule has 0 aliphatic rings. The first kappa shape index (κ1) is 14.5. The van der Waals surface area contributed by atoms with Crippen LogP contribution in [0.5, 0.6) is 0 Å². The van der Waals surface area contributed by atoms with E-state index < -0.39 is 10.0 Å². The third-order valence-electron chi connectivity index (χ3n) is 3.16. The molecule has 0 aliphatic carbocycles. The van der Waals surface area contributed by atoms with E-state index in [0.29, 0.717) is 11.4 Å². The maximum absolute atomic E-state index is 12.1. The van der Waals surface area contributed by atoms with Crippen LogP contribution in [0.15, 0.2) is 35.4 Å². The van der Waals surface area contributed by atoms with Gasteiger partial charge in [0.15, 0.2) is 0 Å². The molecule has 2 aromatic rings. The molecular weight excluding hydrogens is 276 g/mol. The van der Waals surface area contributed by atoms with Gasteiger partial charge < -0.3 is 5.73 Å². The van der Waals surface area contributed by atoms with Crippen molar-refractivity contribution in [2.75, 3.05) is 5.73 Å². The quantitative estimate of drug-likeness (QED) is 0.862. The van der Waals surface area contributed by atoms with Crippen molar-refractivity contribution in [3.8, 4) is 0 Å². The number of nitrogen functional groups attached to an aromatic ring is 1. The van der Waals surface area contributed by atoms with E-state index in [2.05, 4.69) is 9.82 Å². The zero-order chi connectivity index (χ0) is 14.8. The highest BCUT2D eigenvalue weighted by Crippen LogP contribution is 2.13. The summed E-state index contributed by atoms with van der Waals surface area (Å²) in [6.45, 7) is 2.14. The summed E-state index contributed by atoms with van der Waals surface area (Å²) in [6, 6.07) is 6.83. The lowest BCUT2D eigenvalue weighted by molar-refractivity contribution is 0.581. The van der Waals surface area contributed by atoms with Crippen molar-refractivity contribution >= 4 is 15.8 Å². The Hall–Kier alpha value is -1.86. The first-order valence-electron chi connectivity index (χ1n) is 6.29. The maximum Gasteiger partial charge on any atom is 0.240 e. The average molecular weight is 294 g/mol. The molecule has 3 N–H and O–H groups in total. The van der Waals surface area contributed by atoms with Crippen LogP contribution >= 0.6 is 0 Å². The number of hydrogen-bond donors (Lipinski definition) is 2. The largest absolute Gasteiger partial charge is 0.384 e. The smallest absolute Gasteiger partial charge is 0.240 e. The predicted octanol–water partition coefficient (Wildman–Crippen LogP) is 1.04. The van der Waals surface area contributed by atoms with Crippen molar-refractivity contribution in [1.29, 1.82) is 0 Å². The van der Waals surface area contributed by atoms with Crippen molar-refractivity contribution in [3.63, 3.8) is 0 Å². The molecule has 0 bridgehead atoms. The van der Waals surface area contributed by atoms with Crippen LogP contribution in [0.4, 0.5) is 5.82 Å². The van der Waals surface area contributed by atoms with Gasteiger partial charge in [-0.25, -0.2) is 13.1 Å². The van der Waals surface area contributed by atoms with Gasteiger partial charge >= 0.3 is 0 Å². The summed E-state index contributed by atoms with van der Waals surface area (Å²) in [5, 5.41) is 3.97. The van der Waals surface area contributed by atoms with E-state index in [9.17, 15) is 8.42 Å². The fourth-order valence-electron chi connectivity index (χ4n) is 1.79. The molecule has 20 heavy (non-hydrogen) atoms. The van der Waals surface area contributed by atoms with E-state index in [1.165, 1.54) is 4.68 Å². The Morgan fingerprint density at radius 1 is 1.30 bits per heavy atom. The number of nitrogens with one attached hydrogen (secondary N) is 1. The highest BCUT2D eigenvalue weighted by molar-refractivity contribution is 7.89. The lowest BCUT2D eigenvalue weighted by atomic mass is 10.2. The van der Waals surface area contributed by atoms with Crippen molar-refractivity contribution in [2.24, 2.45) is 7.05 Å². The molecule has 0 spiro atoms. The summed E-state index contributed by atoms with van der Waals surface area (Å²) < 4.78 is 28.3. The van der Waals surface area contributed by atoms with Crippen LogP contribution in [0.25, 0.3) is 0 Å². The van der Waals surface area contributed by atoms with Crippen molar-refractivity contribution in [3.05, 3.63) is 41.6 Å². The Morgan fingerprint density at radius 3 is 2.45 bits per heavy atom. The molecule has 0 fully saturated rings. The van der Waals surface area contributed by atoms with Gasteiger partial charge in [0.05, 0.1) is 11.1 Å². The van der Waals surface area contributed by atoms with Crippen LogP contribution in [-0.2, 0) is 30.0 Å². The van der Waals surface area contributed by atoms with Gasteiger partial charge in [0, 0.05) is 19.2 Å². The standard InChI is InChI=1S/C13H18N4O2S/c1-3-10-4-6-12(7-5-10)20(18,19)16-9-11-8-15-17(2)13(11)14/h4-8,16H,3,9,14H2,1-2H3. The summed E-state index contributed by atoms with van der Waals surface area (Å²) >= 11 is 0. The van der Waals surface area contributed by atoms with Gasteiger partial charge in [-0.15, -0.1) is 0 Å². The van der Waals surface area contributed by atoms with Gasteiger partial charge in [0.2, 0.25) is 10.0 Å². The molecule has 2 rings (SSSR count). The van der Waals surface area contributed by atoms with Crippen LogP contribution in [0.1, 0.15) is 18.1 Å². The van der Waals surface area contributed by atoms with Gasteiger partial charge in [-0.3, -0.25) is 4.68 Å². The number of benzene rings is 1. The van der Waals surface area contributed by atoms with Gasteiger partial charge in [0.25, 0.3) is 0 Å². The number of hydrogen-bond acceptors (Lipinski definition) is 4. The van der Waals surface area contributed by atoms with Crippen molar-refractivity contribution < 1.29 is 8.42 Å². The van der Waals surface area contributed by atoms with Crippen LogP contribution in [0, 0.1) is 0 Å². The second-order valence-corrected chi connectivity index (χ2v) is 6.27. The molecule has 1 aromatic heterocycles. The molecule has 0 unspecified atom stereocenters. The van der Waals surface area contributed by atoms with E-state index >= 15 is 0 Å². The summed E-state index contributed by atoms with van der Waals surface area (Å²) in [7, 11) is -1.83. The van der Waals surface area contributed by atoms with Crippen LogP contribution in [0.3, 0.4) is 0 Å². The normalized spacial score (nSPS) is 11.7. The Labute approximate surface area is 118 Å². The Kier molecular flexibility index (Phi) is 4.10. The predicted molar refractivity (Wildman–Crippen MR) is 77.5 cm³/mol. The highest BCUT2D eigenvalue weighted by atomic mass is 32.2. The maximum atomic E-state index is 12.1. The van der Waals surface area contributed by atoms with Gasteiger partial charge in [-0.05, 0) is 24.1 Å². The molecule has 7 heteroatoms. The Balaban J connectivity index is 2.12. The molecule has 0 radical (unpaired) electrons. The summed E-state index contributed by atoms with van der Waals surface area (Å²) in [6.07, 6.45) is 2.43. The van der Waals surface area contributed by atoms with Gasteiger partial charge in [0.1, 0.15) is 5.82 Å². The van der Waals surface area contributed by atoms with E-state index in [1.807, 2.05) is 19.1 Å². The van der Waals surface area contributed by atoms with E-state index in [1.54, 1.807) is 25.4 Å². The number of nitrogens with zero attached hydrogens (tertiary/aromatic N) is 2. The number of nitrogens with two attached hydrogens (primary N) is 1. The summed E-state index contributed by atoms with van der Waals surface area (Å²) in [4.78, 5) is 0.247. The Morgan fingerprint density at radius 2 is 1.95 bits per heavy atom. The van der Waals surface area contributed by atoms with Crippen molar-refractivity contribution in [1.82, 2.24) is 14.5 Å². The lowest BCUT2D eigenvalue weighted by Crippen LogP contribution is -2.23. The second kappa shape index (κ2) is 5.64. The number of aryl methyl sites for hydroxylation is 2. The fourth-order valence-corrected chi connectivity index (χ4v) is 2.80. The fraction of sp³-hybridized carbons (Fsp3) is 0.308. The molecule has 0 atom stereocenters. The third kappa shape index (κ3) is 3.00. The minimum atomic E-state index is -3.53. The number of sulfonamides is 1. The molecule has 0 amide bonds. The summed E-state index contributed by atoms with van der Waals surface area (Å²) in [5.41, 5.74) is 7.53. The van der Waals surface area contributed by atoms with Crippen LogP contribution < -0.4 is 10.5 Å². The van der Waals surface area contributed by atoms with Gasteiger partial charge in [-0.2, -0.15) is 5.10 Å². The zero-order valence-electron chi connectivity index (χ0n) is 11.5. The minimum Gasteiger partial charge on any atom is -0.384 e. The monoisotopic (exact) mass is 294 g/mol. The molecule has 1 heterocycles. The van der Waals surface area contributed by atoms with E-state index in [4.69, 9.17) is 5.73 Å². The number of anilines is 1. The lowest BCUT2D eigenvalue weighted by Gasteiger charge is -2.07. The van der Waals surface area contributed by atoms with Crippen LogP contribution in [0.2, 0.25) is 0 Å². The zero-order valence-corrected chi connectivity index (χ0v) is 12.3. The first-order valence-corrected chi connectivity index (χ1v) is 7.77. The second-order valence-electron chi connectivity index (χ2n) is 4.50. The van der Waals surface area contributed by atoms with E-state index in [0.717, 1.165) is 12.0 Å². The summed E-state index contributed by atoms with van der Waals surface area (Å²) in [5.74, 6) is 0.453. The molecule has 0 saturated heterocycles. The van der Waals surface area contributed by atoms with Crippen molar-refractivity contribution in [2.45, 2.75) is 24.8 Å². The molecular formula is C13H18N4O2S. The number of aromatic nitrogens is 2.